The van der Waals surface area contributed by atoms with Crippen LogP contribution in [0.2, 0.25) is 0 Å². The van der Waals surface area contributed by atoms with E-state index >= 15 is 0 Å². The van der Waals surface area contributed by atoms with Crippen LogP contribution in [0.5, 0.6) is 0 Å². The highest BCUT2D eigenvalue weighted by Gasteiger charge is 2.34. The highest BCUT2D eigenvalue weighted by molar-refractivity contribution is 7.92. The summed E-state index contributed by atoms with van der Waals surface area (Å²) in [4.78, 5) is 5.75. The van der Waals surface area contributed by atoms with Crippen molar-refractivity contribution in [3.8, 4) is 0 Å². The molecule has 9 heteroatoms. The molecule has 1 atom stereocenters. The van der Waals surface area contributed by atoms with Gasteiger partial charge >= 0.3 is 6.18 Å². The van der Waals surface area contributed by atoms with E-state index in [1.54, 1.807) is 4.90 Å². The SMILES string of the molecule is O=S(=O)(CC1CCNC1)C1CCN(c2cc(C(F)(F)F)ccn2)CC1. The number of rotatable bonds is 4. The molecule has 2 aliphatic rings. The van der Waals surface area contributed by atoms with Crippen LogP contribution in [0.25, 0.3) is 0 Å². The molecule has 5 nitrogen and oxygen atoms in total. The van der Waals surface area contributed by atoms with Gasteiger partial charge in [-0.3, -0.25) is 0 Å². The molecule has 0 spiro atoms. The molecule has 2 aliphatic heterocycles. The lowest BCUT2D eigenvalue weighted by Gasteiger charge is -2.33. The third-order valence-electron chi connectivity index (χ3n) is 4.98. The summed E-state index contributed by atoms with van der Waals surface area (Å²) < 4.78 is 63.6. The molecule has 0 aromatic carbocycles. The van der Waals surface area contributed by atoms with Crippen molar-refractivity contribution in [1.29, 1.82) is 0 Å². The summed E-state index contributed by atoms with van der Waals surface area (Å²) in [6.07, 6.45) is -1.52. The summed E-state index contributed by atoms with van der Waals surface area (Å²) in [6.45, 7) is 2.41. The second-order valence-corrected chi connectivity index (χ2v) is 9.10. The van der Waals surface area contributed by atoms with Crippen LogP contribution in [0.15, 0.2) is 18.3 Å². The zero-order valence-electron chi connectivity index (χ0n) is 13.8. The van der Waals surface area contributed by atoms with Crippen molar-refractivity contribution >= 4 is 15.7 Å². The smallest absolute Gasteiger partial charge is 0.357 e. The molecule has 1 aromatic heterocycles. The minimum atomic E-state index is -4.41. The number of piperidine rings is 1. The lowest BCUT2D eigenvalue weighted by molar-refractivity contribution is -0.137. The first-order valence-corrected chi connectivity index (χ1v) is 10.2. The second kappa shape index (κ2) is 7.11. The number of sulfone groups is 1. The minimum absolute atomic E-state index is 0.174. The van der Waals surface area contributed by atoms with E-state index < -0.39 is 26.8 Å². The fourth-order valence-electron chi connectivity index (χ4n) is 3.53. The van der Waals surface area contributed by atoms with Gasteiger partial charge in [0.05, 0.1) is 16.6 Å². The third kappa shape index (κ3) is 4.44. The van der Waals surface area contributed by atoms with Gasteiger partial charge < -0.3 is 10.2 Å². The fraction of sp³-hybridized carbons (Fsp3) is 0.688. The number of halogens is 3. The number of nitrogens with one attached hydrogen (secondary N) is 1. The van der Waals surface area contributed by atoms with Gasteiger partial charge in [-0.2, -0.15) is 13.2 Å². The van der Waals surface area contributed by atoms with E-state index in [1.807, 2.05) is 0 Å². The molecule has 2 fully saturated rings. The summed E-state index contributed by atoms with van der Waals surface area (Å²) in [7, 11) is -3.17. The molecule has 0 bridgehead atoms. The molecule has 3 rings (SSSR count). The Balaban J connectivity index is 1.62. The number of hydrogen-bond donors (Lipinski definition) is 1. The first-order chi connectivity index (χ1) is 11.8. The van der Waals surface area contributed by atoms with Crippen molar-refractivity contribution in [2.75, 3.05) is 36.8 Å². The van der Waals surface area contributed by atoms with Crippen LogP contribution in [0, 0.1) is 5.92 Å². The van der Waals surface area contributed by atoms with E-state index in [9.17, 15) is 21.6 Å². The quantitative estimate of drug-likeness (QED) is 0.871. The van der Waals surface area contributed by atoms with Crippen LogP contribution in [0.3, 0.4) is 0 Å². The molecule has 25 heavy (non-hydrogen) atoms. The van der Waals surface area contributed by atoms with E-state index in [2.05, 4.69) is 10.3 Å². The minimum Gasteiger partial charge on any atom is -0.357 e. The van der Waals surface area contributed by atoms with E-state index in [0.29, 0.717) is 25.9 Å². The molecular formula is C16H22F3N3O2S. The summed E-state index contributed by atoms with van der Waals surface area (Å²) in [5, 5.41) is 2.76. The van der Waals surface area contributed by atoms with Crippen LogP contribution in [-0.2, 0) is 16.0 Å². The lowest BCUT2D eigenvalue weighted by atomic mass is 10.1. The van der Waals surface area contributed by atoms with Crippen LogP contribution in [0.1, 0.15) is 24.8 Å². The maximum atomic E-state index is 12.8. The average molecular weight is 377 g/mol. The molecule has 0 saturated carbocycles. The largest absolute Gasteiger partial charge is 0.416 e. The van der Waals surface area contributed by atoms with Crippen molar-refractivity contribution in [3.63, 3.8) is 0 Å². The Morgan fingerprint density at radius 2 is 1.96 bits per heavy atom. The maximum absolute atomic E-state index is 12.8. The second-order valence-electron chi connectivity index (χ2n) is 6.78. The topological polar surface area (TPSA) is 62.3 Å². The number of hydrogen-bond acceptors (Lipinski definition) is 5. The van der Waals surface area contributed by atoms with Crippen molar-refractivity contribution < 1.29 is 21.6 Å². The van der Waals surface area contributed by atoms with Gasteiger partial charge in [-0.05, 0) is 50.4 Å². The van der Waals surface area contributed by atoms with Gasteiger partial charge in [0.15, 0.2) is 9.84 Å². The molecule has 0 radical (unpaired) electrons. The van der Waals surface area contributed by atoms with Gasteiger partial charge in [-0.25, -0.2) is 13.4 Å². The Bertz CT molecular complexity index is 695. The lowest BCUT2D eigenvalue weighted by Crippen LogP contribution is -2.41. The summed E-state index contributed by atoms with van der Waals surface area (Å²) >= 11 is 0. The predicted octanol–water partition coefficient (Wildman–Crippen LogP) is 2.09. The monoisotopic (exact) mass is 377 g/mol. The molecule has 0 aliphatic carbocycles. The van der Waals surface area contributed by atoms with Gasteiger partial charge in [0.1, 0.15) is 5.82 Å². The first kappa shape index (κ1) is 18.4. The molecule has 2 saturated heterocycles. The van der Waals surface area contributed by atoms with Crippen molar-refractivity contribution in [2.45, 2.75) is 30.7 Å². The average Bonchev–Trinajstić information content (AvgIpc) is 3.06. The number of alkyl halides is 3. The van der Waals surface area contributed by atoms with Crippen LogP contribution in [0.4, 0.5) is 19.0 Å². The summed E-state index contributed by atoms with van der Waals surface area (Å²) in [5.74, 6) is 0.630. The number of aromatic nitrogens is 1. The zero-order chi connectivity index (χ0) is 18.1. The van der Waals surface area contributed by atoms with Gasteiger partial charge in [0, 0.05) is 19.3 Å². The van der Waals surface area contributed by atoms with E-state index in [0.717, 1.165) is 37.8 Å². The van der Waals surface area contributed by atoms with Crippen molar-refractivity contribution in [1.82, 2.24) is 10.3 Å². The molecule has 1 unspecified atom stereocenters. The first-order valence-electron chi connectivity index (χ1n) is 8.46. The Kier molecular flexibility index (Phi) is 5.24. The standard InChI is InChI=1S/C16H22F3N3O2S/c17-16(18,19)13-2-6-21-15(9-13)22-7-3-14(4-8-22)25(23,24)11-12-1-5-20-10-12/h2,6,9,12,14,20H,1,3-5,7-8,10-11H2. The van der Waals surface area contributed by atoms with Crippen LogP contribution >= 0.6 is 0 Å². The summed E-state index contributed by atoms with van der Waals surface area (Å²) in [5.41, 5.74) is -0.735. The van der Waals surface area contributed by atoms with E-state index in [4.69, 9.17) is 0 Å². The summed E-state index contributed by atoms with van der Waals surface area (Å²) in [6, 6.07) is 1.97. The van der Waals surface area contributed by atoms with E-state index in [-0.39, 0.29) is 17.5 Å². The van der Waals surface area contributed by atoms with Gasteiger partial charge in [0.25, 0.3) is 0 Å². The number of anilines is 1. The Hall–Kier alpha value is -1.35. The van der Waals surface area contributed by atoms with E-state index in [1.165, 1.54) is 0 Å². The highest BCUT2D eigenvalue weighted by Crippen LogP contribution is 2.32. The third-order valence-corrected chi connectivity index (χ3v) is 7.40. The van der Waals surface area contributed by atoms with Crippen LogP contribution in [-0.4, -0.2) is 50.6 Å². The van der Waals surface area contributed by atoms with Crippen LogP contribution < -0.4 is 10.2 Å². The molecule has 1 N–H and O–H groups in total. The fourth-order valence-corrected chi connectivity index (χ4v) is 5.68. The highest BCUT2D eigenvalue weighted by atomic mass is 32.2. The molecule has 1 aromatic rings. The zero-order valence-corrected chi connectivity index (χ0v) is 14.6. The molecule has 140 valence electrons. The maximum Gasteiger partial charge on any atom is 0.416 e. The predicted molar refractivity (Wildman–Crippen MR) is 89.2 cm³/mol. The molecule has 3 heterocycles. The number of pyridine rings is 1. The normalized spacial score (nSPS) is 23.2. The van der Waals surface area contributed by atoms with Crippen molar-refractivity contribution in [3.05, 3.63) is 23.9 Å². The Labute approximate surface area is 145 Å². The van der Waals surface area contributed by atoms with Gasteiger partial charge in [0.2, 0.25) is 0 Å². The molecular weight excluding hydrogens is 355 g/mol. The Morgan fingerprint density at radius 1 is 1.24 bits per heavy atom. The van der Waals surface area contributed by atoms with Gasteiger partial charge in [-0.15, -0.1) is 0 Å². The van der Waals surface area contributed by atoms with Gasteiger partial charge in [-0.1, -0.05) is 0 Å². The number of nitrogens with zero attached hydrogens (tertiary/aromatic N) is 2. The molecule has 0 amide bonds. The van der Waals surface area contributed by atoms with Crippen molar-refractivity contribution in [2.24, 2.45) is 5.92 Å². The Morgan fingerprint density at radius 3 is 2.56 bits per heavy atom.